The molecule has 3 rings (SSSR count). The molecular weight excluding hydrogens is 318 g/mol. The molecule has 2 atom stereocenters. The van der Waals surface area contributed by atoms with Gasteiger partial charge in [0.15, 0.2) is 5.82 Å². The monoisotopic (exact) mass is 349 g/mol. The molecule has 2 N–H and O–H groups in total. The first-order valence-corrected chi connectivity index (χ1v) is 9.78. The zero-order valence-electron chi connectivity index (χ0n) is 15.3. The van der Waals surface area contributed by atoms with Crippen molar-refractivity contribution in [2.75, 3.05) is 13.2 Å². The van der Waals surface area contributed by atoms with Crippen molar-refractivity contribution < 1.29 is 9.53 Å². The third kappa shape index (κ3) is 5.17. The van der Waals surface area contributed by atoms with Crippen LogP contribution in [0.5, 0.6) is 0 Å². The number of aryl methyl sites for hydroxylation is 1. The van der Waals surface area contributed by atoms with Crippen molar-refractivity contribution in [2.45, 2.75) is 77.5 Å². The summed E-state index contributed by atoms with van der Waals surface area (Å²) in [5.41, 5.74) is 0. The minimum absolute atomic E-state index is 0.175. The van der Waals surface area contributed by atoms with Crippen molar-refractivity contribution in [3.05, 3.63) is 11.6 Å². The summed E-state index contributed by atoms with van der Waals surface area (Å²) in [6.45, 7) is 4.73. The van der Waals surface area contributed by atoms with E-state index in [1.807, 2.05) is 0 Å². The summed E-state index contributed by atoms with van der Waals surface area (Å²) < 4.78 is 8.07. The van der Waals surface area contributed by atoms with Gasteiger partial charge in [0.25, 0.3) is 0 Å². The van der Waals surface area contributed by atoms with Gasteiger partial charge in [-0.3, -0.25) is 0 Å². The van der Waals surface area contributed by atoms with Crippen molar-refractivity contribution in [1.29, 1.82) is 0 Å². The molecule has 1 saturated carbocycles. The molecule has 0 bridgehead atoms. The number of carbonyl (C=O) groups is 1. The Balaban J connectivity index is 1.34. The second-order valence-electron chi connectivity index (χ2n) is 7.28. The van der Waals surface area contributed by atoms with Crippen LogP contribution in [0.25, 0.3) is 0 Å². The van der Waals surface area contributed by atoms with Gasteiger partial charge < -0.3 is 19.9 Å². The number of hydrogen-bond donors (Lipinski definition) is 2. The van der Waals surface area contributed by atoms with Crippen LogP contribution in [0.15, 0.2) is 0 Å². The molecule has 1 aliphatic heterocycles. The summed E-state index contributed by atoms with van der Waals surface area (Å²) in [4.78, 5) is 12.0. The van der Waals surface area contributed by atoms with Crippen LogP contribution in [-0.4, -0.2) is 40.1 Å². The number of carbonyl (C=O) groups excluding carboxylic acids is 1. The largest absolute Gasteiger partial charge is 0.376 e. The highest BCUT2D eigenvalue weighted by molar-refractivity contribution is 5.73. The standard InChI is InChI=1S/C18H31N5O2/c1-14-7-4-5-8-15(14)25-12-10-19-18(24)20-13-17-22-21-16-9-3-2-6-11-23(16)17/h14-15H,2-13H2,1H3,(H2,19,20,24). The van der Waals surface area contributed by atoms with Crippen molar-refractivity contribution in [2.24, 2.45) is 5.92 Å². The molecule has 0 saturated heterocycles. The fourth-order valence-electron chi connectivity index (χ4n) is 3.80. The van der Waals surface area contributed by atoms with E-state index in [1.165, 1.54) is 32.1 Å². The molecule has 2 amide bonds. The summed E-state index contributed by atoms with van der Waals surface area (Å²) >= 11 is 0. The van der Waals surface area contributed by atoms with Gasteiger partial charge in [-0.15, -0.1) is 10.2 Å². The average molecular weight is 349 g/mol. The van der Waals surface area contributed by atoms with Crippen molar-refractivity contribution in [3.8, 4) is 0 Å². The quantitative estimate of drug-likeness (QED) is 0.773. The Morgan fingerprint density at radius 3 is 2.92 bits per heavy atom. The van der Waals surface area contributed by atoms with Crippen LogP contribution in [-0.2, 0) is 24.2 Å². The molecule has 0 radical (unpaired) electrons. The maximum atomic E-state index is 12.0. The zero-order chi connectivity index (χ0) is 17.5. The fourth-order valence-corrected chi connectivity index (χ4v) is 3.80. The van der Waals surface area contributed by atoms with E-state index >= 15 is 0 Å². The van der Waals surface area contributed by atoms with Gasteiger partial charge in [-0.25, -0.2) is 4.79 Å². The van der Waals surface area contributed by atoms with E-state index in [2.05, 4.69) is 32.3 Å². The van der Waals surface area contributed by atoms with Crippen LogP contribution in [0.3, 0.4) is 0 Å². The van der Waals surface area contributed by atoms with E-state index in [1.54, 1.807) is 0 Å². The Morgan fingerprint density at radius 2 is 2.04 bits per heavy atom. The van der Waals surface area contributed by atoms with Crippen LogP contribution in [0.1, 0.15) is 63.5 Å². The second kappa shape index (κ2) is 9.17. The molecule has 140 valence electrons. The van der Waals surface area contributed by atoms with E-state index in [9.17, 15) is 4.79 Å². The zero-order valence-corrected chi connectivity index (χ0v) is 15.3. The number of fused-ring (bicyclic) bond motifs is 1. The van der Waals surface area contributed by atoms with E-state index in [-0.39, 0.29) is 6.03 Å². The molecule has 1 aliphatic carbocycles. The van der Waals surface area contributed by atoms with Gasteiger partial charge in [0.05, 0.1) is 19.3 Å². The molecule has 2 aliphatic rings. The number of amides is 2. The molecule has 2 heterocycles. The van der Waals surface area contributed by atoms with Crippen LogP contribution in [0.2, 0.25) is 0 Å². The number of nitrogens with zero attached hydrogens (tertiary/aromatic N) is 3. The van der Waals surface area contributed by atoms with Crippen LogP contribution in [0.4, 0.5) is 4.79 Å². The Kier molecular flexibility index (Phi) is 6.67. The van der Waals surface area contributed by atoms with Crippen LogP contribution in [0, 0.1) is 5.92 Å². The Hall–Kier alpha value is -1.63. The van der Waals surface area contributed by atoms with E-state index < -0.39 is 0 Å². The topological polar surface area (TPSA) is 81.1 Å². The predicted octanol–water partition coefficient (Wildman–Crippen LogP) is 2.40. The molecule has 2 unspecified atom stereocenters. The Bertz CT molecular complexity index is 560. The summed E-state index contributed by atoms with van der Waals surface area (Å²) in [7, 11) is 0. The molecule has 7 nitrogen and oxygen atoms in total. The minimum atomic E-state index is -0.175. The molecular formula is C18H31N5O2. The van der Waals surface area contributed by atoms with Gasteiger partial charge in [0, 0.05) is 19.5 Å². The lowest BCUT2D eigenvalue weighted by Crippen LogP contribution is -2.38. The smallest absolute Gasteiger partial charge is 0.315 e. The molecule has 1 aromatic rings. The van der Waals surface area contributed by atoms with Crippen LogP contribution < -0.4 is 10.6 Å². The lowest BCUT2D eigenvalue weighted by molar-refractivity contribution is -0.00243. The number of urea groups is 1. The minimum Gasteiger partial charge on any atom is -0.376 e. The number of aromatic nitrogens is 3. The maximum Gasteiger partial charge on any atom is 0.315 e. The Labute approximate surface area is 149 Å². The highest BCUT2D eigenvalue weighted by Crippen LogP contribution is 2.25. The highest BCUT2D eigenvalue weighted by Gasteiger charge is 2.21. The first kappa shape index (κ1) is 18.2. The van der Waals surface area contributed by atoms with Gasteiger partial charge >= 0.3 is 6.03 Å². The number of rotatable bonds is 6. The lowest BCUT2D eigenvalue weighted by Gasteiger charge is -2.28. The summed E-state index contributed by atoms with van der Waals surface area (Å²) in [6, 6.07) is -0.175. The first-order chi connectivity index (χ1) is 12.2. The first-order valence-electron chi connectivity index (χ1n) is 9.78. The highest BCUT2D eigenvalue weighted by atomic mass is 16.5. The molecule has 0 spiro atoms. The van der Waals surface area contributed by atoms with E-state index in [4.69, 9.17) is 4.74 Å². The van der Waals surface area contributed by atoms with Gasteiger partial charge in [-0.1, -0.05) is 26.2 Å². The van der Waals surface area contributed by atoms with Gasteiger partial charge in [-0.05, 0) is 31.6 Å². The van der Waals surface area contributed by atoms with Crippen LogP contribution >= 0.6 is 0 Å². The molecule has 1 aromatic heterocycles. The summed E-state index contributed by atoms with van der Waals surface area (Å²) in [6.07, 6.45) is 9.86. The van der Waals surface area contributed by atoms with Gasteiger partial charge in [-0.2, -0.15) is 0 Å². The SMILES string of the molecule is CC1CCCCC1OCCNC(=O)NCc1nnc2n1CCCCC2. The van der Waals surface area contributed by atoms with E-state index in [0.717, 1.165) is 37.5 Å². The lowest BCUT2D eigenvalue weighted by atomic mass is 9.88. The average Bonchev–Trinajstić information content (AvgIpc) is 2.85. The fraction of sp³-hybridized carbons (Fsp3) is 0.833. The number of hydrogen-bond acceptors (Lipinski definition) is 4. The van der Waals surface area contributed by atoms with Gasteiger partial charge in [0.2, 0.25) is 0 Å². The summed E-state index contributed by atoms with van der Waals surface area (Å²) in [5, 5.41) is 14.2. The molecule has 0 aromatic carbocycles. The predicted molar refractivity (Wildman–Crippen MR) is 95.2 cm³/mol. The molecule has 25 heavy (non-hydrogen) atoms. The van der Waals surface area contributed by atoms with E-state index in [0.29, 0.717) is 31.7 Å². The van der Waals surface area contributed by atoms with Crippen molar-refractivity contribution in [3.63, 3.8) is 0 Å². The molecule has 7 heteroatoms. The third-order valence-electron chi connectivity index (χ3n) is 5.35. The number of ether oxygens (including phenoxy) is 1. The third-order valence-corrected chi connectivity index (χ3v) is 5.35. The second-order valence-corrected chi connectivity index (χ2v) is 7.28. The molecule has 1 fully saturated rings. The Morgan fingerprint density at radius 1 is 1.16 bits per heavy atom. The van der Waals surface area contributed by atoms with Crippen molar-refractivity contribution >= 4 is 6.03 Å². The van der Waals surface area contributed by atoms with Gasteiger partial charge in [0.1, 0.15) is 5.82 Å². The normalized spacial score (nSPS) is 23.6. The summed E-state index contributed by atoms with van der Waals surface area (Å²) in [5.74, 6) is 2.52. The maximum absolute atomic E-state index is 12.0. The van der Waals surface area contributed by atoms with Crippen molar-refractivity contribution in [1.82, 2.24) is 25.4 Å². The number of nitrogens with one attached hydrogen (secondary N) is 2.